The van der Waals surface area contributed by atoms with Gasteiger partial charge in [0.1, 0.15) is 17.3 Å². The first-order valence-electron chi connectivity index (χ1n) is 9.46. The lowest BCUT2D eigenvalue weighted by Gasteiger charge is -2.13. The molecule has 0 fully saturated rings. The Kier molecular flexibility index (Phi) is 7.97. The smallest absolute Gasteiger partial charge is 0.234 e. The Bertz CT molecular complexity index is 1060. The number of methoxy groups -OCH3 is 2. The van der Waals surface area contributed by atoms with Crippen LogP contribution in [-0.4, -0.2) is 40.6 Å². The molecule has 0 unspecified atom stereocenters. The first-order chi connectivity index (χ1) is 15.0. The molecule has 9 heteroatoms. The second-order valence-corrected chi connectivity index (χ2v) is 7.83. The third kappa shape index (κ3) is 5.80. The third-order valence-electron chi connectivity index (χ3n) is 4.39. The molecule has 0 spiro atoms. The number of carbonyl (C=O) groups excluding carboxylic acids is 1. The highest BCUT2D eigenvalue weighted by molar-refractivity contribution is 7.99. The zero-order valence-corrected chi connectivity index (χ0v) is 18.9. The van der Waals surface area contributed by atoms with E-state index in [1.807, 2.05) is 34.9 Å². The number of thioether (sulfide) groups is 1. The van der Waals surface area contributed by atoms with Crippen molar-refractivity contribution in [1.82, 2.24) is 14.8 Å². The van der Waals surface area contributed by atoms with Gasteiger partial charge in [0.05, 0.1) is 30.7 Å². The van der Waals surface area contributed by atoms with Gasteiger partial charge in [-0.3, -0.25) is 4.79 Å². The molecule has 2 aromatic carbocycles. The SMILES string of the molecule is C=CCn1c(Cc2ccccc2)nnc1SCC(=O)Nc1cc(OC)c(Cl)cc1OC. The summed E-state index contributed by atoms with van der Waals surface area (Å²) in [7, 11) is 3.02. The Labute approximate surface area is 190 Å². The Morgan fingerprint density at radius 1 is 1.19 bits per heavy atom. The van der Waals surface area contributed by atoms with Gasteiger partial charge in [-0.2, -0.15) is 0 Å². The van der Waals surface area contributed by atoms with Crippen LogP contribution in [0.25, 0.3) is 0 Å². The maximum Gasteiger partial charge on any atom is 0.234 e. The monoisotopic (exact) mass is 458 g/mol. The molecule has 1 aromatic heterocycles. The van der Waals surface area contributed by atoms with Crippen molar-refractivity contribution in [2.24, 2.45) is 0 Å². The van der Waals surface area contributed by atoms with Crippen LogP contribution in [0.5, 0.6) is 11.5 Å². The lowest BCUT2D eigenvalue weighted by Crippen LogP contribution is -2.15. The standard InChI is InChI=1S/C22H23ClN4O3S/c1-4-10-27-20(11-15-8-6-5-7-9-15)25-26-22(27)31-14-21(28)24-17-13-18(29-2)16(23)12-19(17)30-3/h4-9,12-13H,1,10-11,14H2,2-3H3,(H,24,28). The molecule has 0 aliphatic carbocycles. The minimum Gasteiger partial charge on any atom is -0.495 e. The molecule has 162 valence electrons. The maximum absolute atomic E-state index is 12.6. The van der Waals surface area contributed by atoms with Crippen molar-refractivity contribution in [1.29, 1.82) is 0 Å². The van der Waals surface area contributed by atoms with Crippen LogP contribution >= 0.6 is 23.4 Å². The third-order valence-corrected chi connectivity index (χ3v) is 5.65. The maximum atomic E-state index is 12.6. The predicted molar refractivity (Wildman–Crippen MR) is 123 cm³/mol. The molecular formula is C22H23ClN4O3S. The summed E-state index contributed by atoms with van der Waals surface area (Å²) in [5.41, 5.74) is 1.62. The molecule has 1 amide bonds. The number of carbonyl (C=O) groups is 1. The van der Waals surface area contributed by atoms with E-state index in [0.717, 1.165) is 11.4 Å². The lowest BCUT2D eigenvalue weighted by molar-refractivity contribution is -0.113. The fourth-order valence-corrected chi connectivity index (χ4v) is 3.92. The van der Waals surface area contributed by atoms with E-state index in [4.69, 9.17) is 21.1 Å². The number of anilines is 1. The van der Waals surface area contributed by atoms with E-state index in [1.54, 1.807) is 18.2 Å². The van der Waals surface area contributed by atoms with Gasteiger partial charge >= 0.3 is 0 Å². The van der Waals surface area contributed by atoms with Crippen LogP contribution in [0.1, 0.15) is 11.4 Å². The van der Waals surface area contributed by atoms with E-state index in [0.29, 0.717) is 40.3 Å². The first-order valence-corrected chi connectivity index (χ1v) is 10.8. The summed E-state index contributed by atoms with van der Waals surface area (Å²) in [4.78, 5) is 12.6. The van der Waals surface area contributed by atoms with Gasteiger partial charge in [0.25, 0.3) is 0 Å². The van der Waals surface area contributed by atoms with E-state index in [-0.39, 0.29) is 11.7 Å². The highest BCUT2D eigenvalue weighted by Crippen LogP contribution is 2.36. The van der Waals surface area contributed by atoms with Crippen LogP contribution in [0.4, 0.5) is 5.69 Å². The summed E-state index contributed by atoms with van der Waals surface area (Å²) in [6, 6.07) is 13.3. The van der Waals surface area contributed by atoms with Crippen molar-refractivity contribution in [2.45, 2.75) is 18.1 Å². The van der Waals surface area contributed by atoms with Crippen molar-refractivity contribution < 1.29 is 14.3 Å². The fraction of sp³-hybridized carbons (Fsp3) is 0.227. The highest BCUT2D eigenvalue weighted by Gasteiger charge is 2.16. The van der Waals surface area contributed by atoms with Crippen LogP contribution in [0, 0.1) is 0 Å². The molecule has 0 aliphatic heterocycles. The number of amides is 1. The number of benzene rings is 2. The van der Waals surface area contributed by atoms with Gasteiger partial charge in [-0.1, -0.05) is 59.8 Å². The molecule has 0 saturated heterocycles. The van der Waals surface area contributed by atoms with Crippen molar-refractivity contribution in [3.8, 4) is 11.5 Å². The summed E-state index contributed by atoms with van der Waals surface area (Å²) in [5, 5.41) is 12.5. The number of hydrogen-bond acceptors (Lipinski definition) is 6. The average molecular weight is 459 g/mol. The normalized spacial score (nSPS) is 10.5. The van der Waals surface area contributed by atoms with E-state index >= 15 is 0 Å². The van der Waals surface area contributed by atoms with E-state index in [2.05, 4.69) is 22.1 Å². The fourth-order valence-electron chi connectivity index (χ4n) is 2.92. The minimum atomic E-state index is -0.217. The van der Waals surface area contributed by atoms with Crippen molar-refractivity contribution in [2.75, 3.05) is 25.3 Å². The van der Waals surface area contributed by atoms with Crippen molar-refractivity contribution >= 4 is 35.0 Å². The van der Waals surface area contributed by atoms with Crippen LogP contribution in [-0.2, 0) is 17.8 Å². The van der Waals surface area contributed by atoms with E-state index in [9.17, 15) is 4.79 Å². The summed E-state index contributed by atoms with van der Waals surface area (Å²) in [6.45, 7) is 4.37. The predicted octanol–water partition coefficient (Wildman–Crippen LogP) is 4.46. The van der Waals surface area contributed by atoms with Gasteiger partial charge in [-0.25, -0.2) is 0 Å². The van der Waals surface area contributed by atoms with Gasteiger partial charge in [0, 0.05) is 25.1 Å². The van der Waals surface area contributed by atoms with E-state index < -0.39 is 0 Å². The van der Waals surface area contributed by atoms with Gasteiger partial charge in [-0.15, -0.1) is 16.8 Å². The molecule has 1 N–H and O–H groups in total. The van der Waals surface area contributed by atoms with Crippen LogP contribution in [0.15, 0.2) is 60.3 Å². The second kappa shape index (κ2) is 10.9. The Balaban J connectivity index is 1.70. The van der Waals surface area contributed by atoms with Crippen molar-refractivity contribution in [3.05, 3.63) is 71.5 Å². The van der Waals surface area contributed by atoms with Crippen LogP contribution in [0.2, 0.25) is 5.02 Å². The van der Waals surface area contributed by atoms with Crippen molar-refractivity contribution in [3.63, 3.8) is 0 Å². The summed E-state index contributed by atoms with van der Waals surface area (Å²) >= 11 is 7.42. The molecule has 3 aromatic rings. The quantitative estimate of drug-likeness (QED) is 0.357. The zero-order valence-electron chi connectivity index (χ0n) is 17.3. The van der Waals surface area contributed by atoms with Crippen LogP contribution in [0.3, 0.4) is 0 Å². The van der Waals surface area contributed by atoms with Gasteiger partial charge < -0.3 is 19.4 Å². The zero-order chi connectivity index (χ0) is 22.2. The van der Waals surface area contributed by atoms with Gasteiger partial charge in [0.2, 0.25) is 5.91 Å². The number of halogens is 1. The molecule has 0 aliphatic rings. The number of nitrogens with zero attached hydrogens (tertiary/aromatic N) is 3. The minimum absolute atomic E-state index is 0.148. The molecule has 31 heavy (non-hydrogen) atoms. The summed E-state index contributed by atoms with van der Waals surface area (Å²) < 4.78 is 12.5. The molecule has 7 nitrogen and oxygen atoms in total. The molecule has 0 bridgehead atoms. The Hall–Kier alpha value is -2.97. The van der Waals surface area contributed by atoms with E-state index in [1.165, 1.54) is 26.0 Å². The van der Waals surface area contributed by atoms with Gasteiger partial charge in [0.15, 0.2) is 5.16 Å². The van der Waals surface area contributed by atoms with Crippen LogP contribution < -0.4 is 14.8 Å². The largest absolute Gasteiger partial charge is 0.495 e. The summed E-state index contributed by atoms with van der Waals surface area (Å²) in [5.74, 6) is 1.64. The number of aromatic nitrogens is 3. The molecule has 0 atom stereocenters. The highest BCUT2D eigenvalue weighted by atomic mass is 35.5. The second-order valence-electron chi connectivity index (χ2n) is 6.48. The number of nitrogens with one attached hydrogen (secondary N) is 1. The topological polar surface area (TPSA) is 78.3 Å². The first kappa shape index (κ1) is 22.7. The number of allylic oxidation sites excluding steroid dienone is 1. The number of ether oxygens (including phenoxy) is 2. The Morgan fingerprint density at radius 3 is 2.61 bits per heavy atom. The average Bonchev–Trinajstić information content (AvgIpc) is 3.15. The lowest BCUT2D eigenvalue weighted by atomic mass is 10.1. The number of hydrogen-bond donors (Lipinski definition) is 1. The molecule has 1 heterocycles. The Morgan fingerprint density at radius 2 is 1.94 bits per heavy atom. The molecular weight excluding hydrogens is 436 g/mol. The molecule has 0 saturated carbocycles. The molecule has 0 radical (unpaired) electrons. The molecule has 3 rings (SSSR count). The van der Waals surface area contributed by atoms with Gasteiger partial charge in [-0.05, 0) is 5.56 Å². The summed E-state index contributed by atoms with van der Waals surface area (Å²) in [6.07, 6.45) is 2.43. The number of rotatable bonds is 10.